The molecule has 6 nitrogen and oxygen atoms in total. The molecule has 21 heavy (non-hydrogen) atoms. The van der Waals surface area contributed by atoms with Gasteiger partial charge in [-0.15, -0.1) is 0 Å². The van der Waals surface area contributed by atoms with E-state index in [9.17, 15) is 14.7 Å². The van der Waals surface area contributed by atoms with Crippen molar-refractivity contribution in [2.75, 3.05) is 19.0 Å². The molecule has 114 valence electrons. The van der Waals surface area contributed by atoms with Crippen LogP contribution in [0.25, 0.3) is 0 Å². The lowest BCUT2D eigenvalue weighted by atomic mass is 9.91. The van der Waals surface area contributed by atoms with Gasteiger partial charge in [0.15, 0.2) is 0 Å². The number of hydrogen-bond donors (Lipinski definition) is 2. The third-order valence-corrected chi connectivity index (χ3v) is 3.79. The van der Waals surface area contributed by atoms with Crippen LogP contribution in [-0.4, -0.2) is 41.7 Å². The van der Waals surface area contributed by atoms with Crippen LogP contribution in [0.3, 0.4) is 0 Å². The molecule has 2 rings (SSSR count). The lowest BCUT2D eigenvalue weighted by molar-refractivity contribution is -0.145. The lowest BCUT2D eigenvalue weighted by Gasteiger charge is -2.37. The number of amides is 2. The molecule has 0 saturated carbocycles. The molecule has 1 aliphatic rings. The number of hydrogen-bond acceptors (Lipinski definition) is 3. The number of nitrogens with zero attached hydrogens (tertiary/aromatic N) is 1. The summed E-state index contributed by atoms with van der Waals surface area (Å²) in [6.07, 6.45) is 1.64. The number of benzene rings is 1. The van der Waals surface area contributed by atoms with Crippen molar-refractivity contribution in [3.05, 3.63) is 24.3 Å². The standard InChI is InChI=1S/C15H20N2O4/c1-10-4-3-9-17(13(10)14(18)19)15(20)16-11-5-7-12(21-2)8-6-11/h5-8,10,13H,3-4,9H2,1-2H3,(H,16,20)(H,18,19). The molecule has 1 aromatic rings. The summed E-state index contributed by atoms with van der Waals surface area (Å²) in [7, 11) is 1.57. The first-order chi connectivity index (χ1) is 10.0. The van der Waals surface area contributed by atoms with Crippen LogP contribution in [0.2, 0.25) is 0 Å². The fourth-order valence-electron chi connectivity index (χ4n) is 2.66. The largest absolute Gasteiger partial charge is 0.497 e. The Morgan fingerprint density at radius 3 is 2.57 bits per heavy atom. The van der Waals surface area contributed by atoms with Crippen molar-refractivity contribution in [2.45, 2.75) is 25.8 Å². The molecule has 1 fully saturated rings. The predicted octanol–water partition coefficient (Wildman–Crippen LogP) is 2.41. The Morgan fingerprint density at radius 1 is 1.33 bits per heavy atom. The van der Waals surface area contributed by atoms with E-state index < -0.39 is 12.0 Å². The summed E-state index contributed by atoms with van der Waals surface area (Å²) < 4.78 is 5.05. The molecule has 0 aromatic heterocycles. The molecule has 2 amide bonds. The first-order valence-electron chi connectivity index (χ1n) is 6.97. The van der Waals surface area contributed by atoms with Gasteiger partial charge in [0.1, 0.15) is 11.8 Å². The molecule has 0 aliphatic carbocycles. The molecule has 0 spiro atoms. The van der Waals surface area contributed by atoms with E-state index >= 15 is 0 Å². The van der Waals surface area contributed by atoms with Crippen LogP contribution in [0.1, 0.15) is 19.8 Å². The number of nitrogens with one attached hydrogen (secondary N) is 1. The number of carbonyl (C=O) groups excluding carboxylic acids is 1. The highest BCUT2D eigenvalue weighted by atomic mass is 16.5. The number of anilines is 1. The number of carboxylic acid groups (broad SMARTS) is 1. The van der Waals surface area contributed by atoms with E-state index in [0.717, 1.165) is 12.8 Å². The van der Waals surface area contributed by atoms with Crippen LogP contribution in [0.5, 0.6) is 5.75 Å². The van der Waals surface area contributed by atoms with Crippen molar-refractivity contribution in [1.82, 2.24) is 4.90 Å². The predicted molar refractivity (Wildman–Crippen MR) is 78.5 cm³/mol. The number of ether oxygens (including phenoxy) is 1. The van der Waals surface area contributed by atoms with Gasteiger partial charge in [-0.25, -0.2) is 9.59 Å². The number of likely N-dealkylation sites (tertiary alicyclic amines) is 1. The molecule has 1 aromatic carbocycles. The van der Waals surface area contributed by atoms with Gasteiger partial charge in [-0.2, -0.15) is 0 Å². The van der Waals surface area contributed by atoms with E-state index in [4.69, 9.17) is 4.74 Å². The van der Waals surface area contributed by atoms with Gasteiger partial charge < -0.3 is 20.1 Å². The maximum absolute atomic E-state index is 12.3. The second-order valence-electron chi connectivity index (χ2n) is 5.25. The number of urea groups is 1. The van der Waals surface area contributed by atoms with Gasteiger partial charge in [0, 0.05) is 12.2 Å². The van der Waals surface area contributed by atoms with Gasteiger partial charge in [-0.3, -0.25) is 0 Å². The Hall–Kier alpha value is -2.24. The molecule has 2 N–H and O–H groups in total. The summed E-state index contributed by atoms with van der Waals surface area (Å²) in [6, 6.07) is 5.78. The Kier molecular flexibility index (Phi) is 4.67. The Balaban J connectivity index is 2.08. The van der Waals surface area contributed by atoms with Crippen molar-refractivity contribution >= 4 is 17.7 Å². The van der Waals surface area contributed by atoms with Crippen LogP contribution in [0, 0.1) is 5.92 Å². The molecule has 0 bridgehead atoms. The highest BCUT2D eigenvalue weighted by Crippen LogP contribution is 2.24. The van der Waals surface area contributed by atoms with Crippen LogP contribution >= 0.6 is 0 Å². The van der Waals surface area contributed by atoms with E-state index in [1.807, 2.05) is 6.92 Å². The number of carbonyl (C=O) groups is 2. The maximum atomic E-state index is 12.3. The normalized spacial score (nSPS) is 21.7. The fraction of sp³-hybridized carbons (Fsp3) is 0.467. The third-order valence-electron chi connectivity index (χ3n) is 3.79. The molecule has 1 aliphatic heterocycles. The smallest absolute Gasteiger partial charge is 0.326 e. The number of piperidine rings is 1. The molecule has 2 atom stereocenters. The Labute approximate surface area is 123 Å². The minimum atomic E-state index is -0.952. The van der Waals surface area contributed by atoms with Gasteiger partial charge in [0.2, 0.25) is 0 Å². The zero-order chi connectivity index (χ0) is 15.4. The van der Waals surface area contributed by atoms with Crippen LogP contribution < -0.4 is 10.1 Å². The molecule has 1 heterocycles. The average Bonchev–Trinajstić information content (AvgIpc) is 2.47. The highest BCUT2D eigenvalue weighted by molar-refractivity contribution is 5.92. The number of carboxylic acids is 1. The third kappa shape index (κ3) is 3.45. The summed E-state index contributed by atoms with van der Waals surface area (Å²) >= 11 is 0. The first-order valence-corrected chi connectivity index (χ1v) is 6.97. The quantitative estimate of drug-likeness (QED) is 0.896. The van der Waals surface area contributed by atoms with E-state index in [1.165, 1.54) is 4.90 Å². The SMILES string of the molecule is COc1ccc(NC(=O)N2CCCC(C)C2C(=O)O)cc1. The van der Waals surface area contributed by atoms with Crippen molar-refractivity contribution in [3.8, 4) is 5.75 Å². The molecule has 0 radical (unpaired) electrons. The van der Waals surface area contributed by atoms with Gasteiger partial charge in [-0.05, 0) is 43.0 Å². The van der Waals surface area contributed by atoms with Crippen LogP contribution in [0.4, 0.5) is 10.5 Å². The second-order valence-corrected chi connectivity index (χ2v) is 5.25. The van der Waals surface area contributed by atoms with Crippen LogP contribution in [0.15, 0.2) is 24.3 Å². The van der Waals surface area contributed by atoms with Crippen molar-refractivity contribution in [2.24, 2.45) is 5.92 Å². The van der Waals surface area contributed by atoms with Crippen molar-refractivity contribution < 1.29 is 19.4 Å². The molecular formula is C15H20N2O4. The second kappa shape index (κ2) is 6.47. The van der Waals surface area contributed by atoms with E-state index in [2.05, 4.69) is 5.32 Å². The Morgan fingerprint density at radius 2 is 2.00 bits per heavy atom. The summed E-state index contributed by atoms with van der Waals surface area (Å²) in [6.45, 7) is 2.33. The maximum Gasteiger partial charge on any atom is 0.326 e. The number of rotatable bonds is 3. The van der Waals surface area contributed by atoms with E-state index in [-0.39, 0.29) is 11.9 Å². The summed E-state index contributed by atoms with van der Waals surface area (Å²) in [4.78, 5) is 25.1. The number of aliphatic carboxylic acids is 1. The molecule has 2 unspecified atom stereocenters. The average molecular weight is 292 g/mol. The fourth-order valence-corrected chi connectivity index (χ4v) is 2.66. The van der Waals surface area contributed by atoms with E-state index in [1.54, 1.807) is 31.4 Å². The van der Waals surface area contributed by atoms with Gasteiger partial charge in [0.05, 0.1) is 7.11 Å². The monoisotopic (exact) mass is 292 g/mol. The van der Waals surface area contributed by atoms with Gasteiger partial charge in [-0.1, -0.05) is 6.92 Å². The topological polar surface area (TPSA) is 78.9 Å². The van der Waals surface area contributed by atoms with Crippen molar-refractivity contribution in [1.29, 1.82) is 0 Å². The lowest BCUT2D eigenvalue weighted by Crippen LogP contribution is -2.53. The number of methoxy groups -OCH3 is 1. The van der Waals surface area contributed by atoms with Crippen molar-refractivity contribution in [3.63, 3.8) is 0 Å². The van der Waals surface area contributed by atoms with Gasteiger partial charge >= 0.3 is 12.0 Å². The summed E-state index contributed by atoms with van der Waals surface area (Å²) in [5.74, 6) is -0.298. The minimum Gasteiger partial charge on any atom is -0.497 e. The minimum absolute atomic E-state index is 0.0436. The zero-order valence-corrected chi connectivity index (χ0v) is 12.2. The zero-order valence-electron chi connectivity index (χ0n) is 12.2. The molecule has 1 saturated heterocycles. The molecular weight excluding hydrogens is 272 g/mol. The highest BCUT2D eigenvalue weighted by Gasteiger charge is 2.37. The first kappa shape index (κ1) is 15.2. The Bertz CT molecular complexity index is 515. The van der Waals surface area contributed by atoms with Gasteiger partial charge in [0.25, 0.3) is 0 Å². The summed E-state index contributed by atoms with van der Waals surface area (Å²) in [5, 5.41) is 12.1. The van der Waals surface area contributed by atoms with Crippen LogP contribution in [-0.2, 0) is 4.79 Å². The van der Waals surface area contributed by atoms with E-state index in [0.29, 0.717) is 18.0 Å². The summed E-state index contributed by atoms with van der Waals surface area (Å²) in [5.41, 5.74) is 0.614. The molecule has 6 heteroatoms.